The Morgan fingerprint density at radius 2 is 1.76 bits per heavy atom. The fourth-order valence-corrected chi connectivity index (χ4v) is 5.38. The number of benzene rings is 3. The maximum atomic E-state index is 10.8. The second-order valence-corrected chi connectivity index (χ2v) is 10.7. The van der Waals surface area contributed by atoms with Gasteiger partial charge in [0.2, 0.25) is 0 Å². The summed E-state index contributed by atoms with van der Waals surface area (Å²) < 4.78 is 11.6. The largest absolute Gasteiger partial charge is 0.490 e. The fourth-order valence-electron chi connectivity index (χ4n) is 4.01. The van der Waals surface area contributed by atoms with Gasteiger partial charge < -0.3 is 19.9 Å². The highest BCUT2D eigenvalue weighted by atomic mass is 35.5. The molecule has 0 saturated carbocycles. The second kappa shape index (κ2) is 13.1. The van der Waals surface area contributed by atoms with Gasteiger partial charge >= 0.3 is 5.97 Å². The SMILES string of the molecule is CC(Oc1cc(C#Cc2ccc(Cl)cc2)cc(Sc2ccc(OCC(=O)O)c(Cl)c2)c1)C1CCNCC1. The first-order valence-electron chi connectivity index (χ1n) is 12.0. The minimum Gasteiger partial charge on any atom is -0.490 e. The molecule has 0 radical (unpaired) electrons. The maximum Gasteiger partial charge on any atom is 0.341 e. The second-order valence-electron chi connectivity index (χ2n) is 8.74. The van der Waals surface area contributed by atoms with Crippen LogP contribution in [0.15, 0.2) is 70.5 Å². The minimum absolute atomic E-state index is 0.0829. The number of nitrogens with one attached hydrogen (secondary N) is 1. The van der Waals surface area contributed by atoms with Crippen molar-refractivity contribution in [3.05, 3.63) is 81.8 Å². The van der Waals surface area contributed by atoms with Gasteiger partial charge in [-0.25, -0.2) is 4.79 Å². The molecule has 1 atom stereocenters. The molecule has 5 nitrogen and oxygen atoms in total. The number of aliphatic carboxylic acids is 1. The number of hydrogen-bond donors (Lipinski definition) is 2. The number of piperidine rings is 1. The van der Waals surface area contributed by atoms with E-state index in [4.69, 9.17) is 37.8 Å². The Morgan fingerprint density at radius 1 is 1.03 bits per heavy atom. The van der Waals surface area contributed by atoms with Crippen LogP contribution in [-0.4, -0.2) is 36.9 Å². The zero-order chi connectivity index (χ0) is 26.2. The van der Waals surface area contributed by atoms with E-state index in [2.05, 4.69) is 24.1 Å². The highest BCUT2D eigenvalue weighted by molar-refractivity contribution is 7.99. The van der Waals surface area contributed by atoms with Crippen LogP contribution in [0.2, 0.25) is 10.0 Å². The summed E-state index contributed by atoms with van der Waals surface area (Å²) in [5, 5.41) is 13.3. The van der Waals surface area contributed by atoms with E-state index in [-0.39, 0.29) is 6.10 Å². The number of hydrogen-bond acceptors (Lipinski definition) is 5. The minimum atomic E-state index is -1.06. The van der Waals surface area contributed by atoms with Gasteiger partial charge in [-0.2, -0.15) is 0 Å². The molecule has 3 aromatic rings. The van der Waals surface area contributed by atoms with E-state index in [0.717, 1.165) is 52.6 Å². The van der Waals surface area contributed by atoms with E-state index in [1.807, 2.05) is 48.5 Å². The Labute approximate surface area is 231 Å². The van der Waals surface area contributed by atoms with Crippen LogP contribution in [0.1, 0.15) is 30.9 Å². The molecule has 1 aliphatic heterocycles. The predicted molar refractivity (Wildman–Crippen MR) is 148 cm³/mol. The van der Waals surface area contributed by atoms with Crippen molar-refractivity contribution in [3.8, 4) is 23.3 Å². The Morgan fingerprint density at radius 3 is 2.46 bits per heavy atom. The Kier molecular flexibility index (Phi) is 9.65. The highest BCUT2D eigenvalue weighted by Gasteiger charge is 2.21. The van der Waals surface area contributed by atoms with E-state index in [9.17, 15) is 4.79 Å². The fraction of sp³-hybridized carbons (Fsp3) is 0.276. The molecule has 192 valence electrons. The standard InChI is InChI=1S/C29H27Cl2NO4S/c1-19(22-10-12-32-13-11-22)36-24-14-21(3-2-20-4-6-23(30)7-5-20)15-26(16-24)37-25-8-9-28(27(31)17-25)35-18-29(33)34/h4-9,14-17,19,22,32H,10-13,18H2,1H3,(H,33,34). The third-order valence-corrected chi connectivity index (χ3v) is 7.44. The molecule has 0 spiro atoms. The van der Waals surface area contributed by atoms with Gasteiger partial charge in [0.25, 0.3) is 0 Å². The lowest BCUT2D eigenvalue weighted by Crippen LogP contribution is -2.35. The molecule has 8 heteroatoms. The lowest BCUT2D eigenvalue weighted by molar-refractivity contribution is -0.139. The van der Waals surface area contributed by atoms with Gasteiger partial charge in [-0.05, 0) is 99.4 Å². The lowest BCUT2D eigenvalue weighted by atomic mass is 9.93. The third kappa shape index (κ3) is 8.34. The molecular weight excluding hydrogens is 529 g/mol. The molecule has 0 aliphatic carbocycles. The molecule has 3 aromatic carbocycles. The quantitative estimate of drug-likeness (QED) is 0.299. The molecule has 2 N–H and O–H groups in total. The highest BCUT2D eigenvalue weighted by Crippen LogP contribution is 2.36. The molecule has 37 heavy (non-hydrogen) atoms. The third-order valence-electron chi connectivity index (χ3n) is 5.94. The van der Waals surface area contributed by atoms with Crippen LogP contribution < -0.4 is 14.8 Å². The van der Waals surface area contributed by atoms with Crippen molar-refractivity contribution < 1.29 is 19.4 Å². The van der Waals surface area contributed by atoms with Gasteiger partial charge in [0.1, 0.15) is 11.5 Å². The van der Waals surface area contributed by atoms with Gasteiger partial charge in [-0.3, -0.25) is 0 Å². The van der Waals surface area contributed by atoms with E-state index in [1.54, 1.807) is 12.1 Å². The van der Waals surface area contributed by atoms with E-state index < -0.39 is 12.6 Å². The number of rotatable bonds is 8. The maximum absolute atomic E-state index is 10.8. The normalized spacial score (nSPS) is 14.4. The van der Waals surface area contributed by atoms with Crippen LogP contribution in [0.25, 0.3) is 0 Å². The van der Waals surface area contributed by atoms with Crippen LogP contribution in [0.5, 0.6) is 11.5 Å². The first kappa shape index (κ1) is 27.2. The summed E-state index contributed by atoms with van der Waals surface area (Å²) >= 11 is 13.8. The van der Waals surface area contributed by atoms with Crippen LogP contribution in [-0.2, 0) is 4.79 Å². The molecule has 1 heterocycles. The topological polar surface area (TPSA) is 67.8 Å². The molecule has 1 fully saturated rings. The van der Waals surface area contributed by atoms with E-state index in [0.29, 0.717) is 21.7 Å². The number of carbonyl (C=O) groups is 1. The molecule has 0 bridgehead atoms. The van der Waals surface area contributed by atoms with Crippen molar-refractivity contribution in [1.29, 1.82) is 0 Å². The summed E-state index contributed by atoms with van der Waals surface area (Å²) in [5.74, 6) is 6.98. The van der Waals surface area contributed by atoms with Crippen molar-refractivity contribution in [2.75, 3.05) is 19.7 Å². The van der Waals surface area contributed by atoms with Crippen LogP contribution in [0, 0.1) is 17.8 Å². The number of halogens is 2. The van der Waals surface area contributed by atoms with Crippen molar-refractivity contribution in [1.82, 2.24) is 5.32 Å². The zero-order valence-corrected chi connectivity index (χ0v) is 22.6. The van der Waals surface area contributed by atoms with Gasteiger partial charge in [0.15, 0.2) is 6.61 Å². The van der Waals surface area contributed by atoms with Crippen LogP contribution >= 0.6 is 35.0 Å². The molecule has 1 aliphatic rings. The van der Waals surface area contributed by atoms with Gasteiger partial charge in [0.05, 0.1) is 11.1 Å². The average Bonchev–Trinajstić information content (AvgIpc) is 2.88. The first-order chi connectivity index (χ1) is 17.9. The number of carboxylic acid groups (broad SMARTS) is 1. The lowest BCUT2D eigenvalue weighted by Gasteiger charge is -2.28. The number of ether oxygens (including phenoxy) is 2. The molecule has 0 aromatic heterocycles. The smallest absolute Gasteiger partial charge is 0.341 e. The molecule has 1 unspecified atom stereocenters. The Balaban J connectivity index is 1.58. The van der Waals surface area contributed by atoms with Gasteiger partial charge in [-0.15, -0.1) is 0 Å². The van der Waals surface area contributed by atoms with Crippen LogP contribution in [0.4, 0.5) is 0 Å². The van der Waals surface area contributed by atoms with Gasteiger partial charge in [-0.1, -0.05) is 46.8 Å². The Hall–Kier alpha value is -2.82. The van der Waals surface area contributed by atoms with Crippen molar-refractivity contribution in [2.45, 2.75) is 35.7 Å². The monoisotopic (exact) mass is 555 g/mol. The summed E-state index contributed by atoms with van der Waals surface area (Å²) in [6.07, 6.45) is 2.26. The van der Waals surface area contributed by atoms with Crippen LogP contribution in [0.3, 0.4) is 0 Å². The summed E-state index contributed by atoms with van der Waals surface area (Å²) in [7, 11) is 0. The average molecular weight is 557 g/mol. The predicted octanol–water partition coefficient (Wildman–Crippen LogP) is 6.77. The first-order valence-corrected chi connectivity index (χ1v) is 13.5. The Bertz CT molecular complexity index is 1300. The summed E-state index contributed by atoms with van der Waals surface area (Å²) in [6.45, 7) is 3.71. The number of carboxylic acids is 1. The van der Waals surface area contributed by atoms with E-state index >= 15 is 0 Å². The van der Waals surface area contributed by atoms with Crippen molar-refractivity contribution >= 4 is 40.9 Å². The van der Waals surface area contributed by atoms with Crippen molar-refractivity contribution in [2.24, 2.45) is 5.92 Å². The molecular formula is C29H27Cl2NO4S. The van der Waals surface area contributed by atoms with E-state index in [1.165, 1.54) is 11.8 Å². The van der Waals surface area contributed by atoms with Gasteiger partial charge in [0, 0.05) is 25.9 Å². The summed E-state index contributed by atoms with van der Waals surface area (Å²) in [5.41, 5.74) is 1.71. The molecule has 1 saturated heterocycles. The zero-order valence-electron chi connectivity index (χ0n) is 20.3. The van der Waals surface area contributed by atoms with Crippen molar-refractivity contribution in [3.63, 3.8) is 0 Å². The summed E-state index contributed by atoms with van der Waals surface area (Å²) in [4.78, 5) is 12.6. The summed E-state index contributed by atoms with van der Waals surface area (Å²) in [6, 6.07) is 18.7. The molecule has 4 rings (SSSR count). The molecule has 0 amide bonds.